The first-order valence-corrected chi connectivity index (χ1v) is 18.4. The molecule has 2 aromatic carbocycles. The Kier molecular flexibility index (Phi) is 12.1. The van der Waals surface area contributed by atoms with Crippen molar-refractivity contribution >= 4 is 33.5 Å². The number of carbonyl (C=O) groups excluding carboxylic acids is 1. The summed E-state index contributed by atoms with van der Waals surface area (Å²) in [6.07, 6.45) is 8.24. The third-order valence-corrected chi connectivity index (χ3v) is 11.8. The second kappa shape index (κ2) is 15.5. The Morgan fingerprint density at radius 3 is 2.53 bits per heavy atom. The Labute approximate surface area is 260 Å². The van der Waals surface area contributed by atoms with E-state index in [1.807, 2.05) is 49.6 Å². The lowest BCUT2D eigenvalue weighted by molar-refractivity contribution is -0.139. The molecule has 43 heavy (non-hydrogen) atoms. The molecular formula is C33H46N2O6S2. The number of nitrogens with one attached hydrogen (secondary N) is 1. The van der Waals surface area contributed by atoms with E-state index in [1.54, 1.807) is 13.2 Å². The number of aryl methyl sites for hydroxylation is 1. The molecule has 2 fully saturated rings. The number of carboxylic acids is 1. The van der Waals surface area contributed by atoms with Gasteiger partial charge in [0.25, 0.3) is 5.91 Å². The van der Waals surface area contributed by atoms with Crippen molar-refractivity contribution in [1.82, 2.24) is 10.2 Å². The monoisotopic (exact) mass is 630 g/mol. The highest BCUT2D eigenvalue weighted by Crippen LogP contribution is 2.33. The van der Waals surface area contributed by atoms with Crippen LogP contribution in [0.5, 0.6) is 0 Å². The standard InChI is InChI=1S/C33H46N2O6S2/c1-23-9-7-8-12-28(23)30-17-25(13-14-29(30)32(36)34-31(33(37)38)15-16-42-3)19-35-20-27(18-26(35)21-41-2)43(39,40)22-24-10-5-4-6-11-24/h7-9,12-14,17,24,26-27,31H,4-6,10-11,15-16,18-22H2,1-3H3,(H,34,36)(H,37,38). The van der Waals surface area contributed by atoms with Crippen LogP contribution in [0.3, 0.4) is 0 Å². The van der Waals surface area contributed by atoms with E-state index < -0.39 is 33.0 Å². The Morgan fingerprint density at radius 1 is 1.12 bits per heavy atom. The highest BCUT2D eigenvalue weighted by atomic mass is 32.2. The summed E-state index contributed by atoms with van der Waals surface area (Å²) in [6, 6.07) is 12.5. The smallest absolute Gasteiger partial charge is 0.326 e. The van der Waals surface area contributed by atoms with E-state index in [0.717, 1.165) is 47.9 Å². The molecule has 10 heteroatoms. The van der Waals surface area contributed by atoms with Crippen LogP contribution in [-0.4, -0.2) is 85.7 Å². The maximum atomic E-state index is 13.5. The van der Waals surface area contributed by atoms with Gasteiger partial charge in [0.05, 0.1) is 17.6 Å². The molecule has 2 aromatic rings. The summed E-state index contributed by atoms with van der Waals surface area (Å²) >= 11 is 1.54. The molecule has 3 atom stereocenters. The van der Waals surface area contributed by atoms with Crippen LogP contribution in [0.15, 0.2) is 42.5 Å². The lowest BCUT2D eigenvalue weighted by atomic mass is 9.91. The highest BCUT2D eigenvalue weighted by molar-refractivity contribution is 7.98. The lowest BCUT2D eigenvalue weighted by Gasteiger charge is -2.25. The minimum Gasteiger partial charge on any atom is -0.480 e. The van der Waals surface area contributed by atoms with Gasteiger partial charge in [-0.25, -0.2) is 13.2 Å². The number of thioether (sulfide) groups is 1. The maximum absolute atomic E-state index is 13.5. The normalized spacial score (nSPS) is 20.6. The van der Waals surface area contributed by atoms with Crippen molar-refractivity contribution in [2.75, 3.05) is 38.0 Å². The second-order valence-electron chi connectivity index (χ2n) is 12.1. The summed E-state index contributed by atoms with van der Waals surface area (Å²) in [7, 11) is -1.59. The fourth-order valence-electron chi connectivity index (χ4n) is 6.53. The number of amides is 1. The molecule has 1 heterocycles. The number of sulfone groups is 1. The molecule has 1 saturated carbocycles. The number of carbonyl (C=O) groups is 2. The van der Waals surface area contributed by atoms with Crippen molar-refractivity contribution in [2.45, 2.75) is 75.7 Å². The van der Waals surface area contributed by atoms with Crippen molar-refractivity contribution in [3.63, 3.8) is 0 Å². The minimum atomic E-state index is -3.24. The van der Waals surface area contributed by atoms with Crippen molar-refractivity contribution in [3.05, 3.63) is 59.2 Å². The molecule has 8 nitrogen and oxygen atoms in total. The average molecular weight is 631 g/mol. The first-order valence-electron chi connectivity index (χ1n) is 15.3. The Hall–Kier alpha value is -2.40. The van der Waals surface area contributed by atoms with Crippen LogP contribution in [0.2, 0.25) is 0 Å². The number of benzene rings is 2. The summed E-state index contributed by atoms with van der Waals surface area (Å²) in [5.74, 6) is -0.309. The molecular weight excluding hydrogens is 585 g/mol. The second-order valence-corrected chi connectivity index (χ2v) is 15.4. The van der Waals surface area contributed by atoms with Crippen molar-refractivity contribution < 1.29 is 27.9 Å². The summed E-state index contributed by atoms with van der Waals surface area (Å²) < 4.78 is 32.5. The number of rotatable bonds is 14. The molecule has 0 radical (unpaired) electrons. The van der Waals surface area contributed by atoms with Gasteiger partial charge in [0.2, 0.25) is 0 Å². The van der Waals surface area contributed by atoms with E-state index >= 15 is 0 Å². The largest absolute Gasteiger partial charge is 0.480 e. The third kappa shape index (κ3) is 8.84. The number of hydrogen-bond donors (Lipinski definition) is 2. The van der Waals surface area contributed by atoms with Gasteiger partial charge in [-0.1, -0.05) is 49.6 Å². The summed E-state index contributed by atoms with van der Waals surface area (Å²) in [5, 5.41) is 12.0. The molecule has 4 rings (SSSR count). The van der Waals surface area contributed by atoms with Gasteiger partial charge in [0.15, 0.2) is 9.84 Å². The van der Waals surface area contributed by atoms with E-state index in [-0.39, 0.29) is 17.7 Å². The van der Waals surface area contributed by atoms with Crippen molar-refractivity contribution in [3.8, 4) is 11.1 Å². The van der Waals surface area contributed by atoms with Gasteiger partial charge in [-0.3, -0.25) is 9.69 Å². The molecule has 1 aliphatic heterocycles. The fraction of sp³-hybridized carbons (Fsp3) is 0.576. The van der Waals surface area contributed by atoms with Gasteiger partial charge in [0.1, 0.15) is 6.04 Å². The van der Waals surface area contributed by atoms with Gasteiger partial charge in [-0.15, -0.1) is 0 Å². The number of ether oxygens (including phenoxy) is 1. The fourth-order valence-corrected chi connectivity index (χ4v) is 9.19. The SMILES string of the molecule is COCC1CC(S(=O)(=O)CC2CCCCC2)CN1Cc1ccc(C(=O)NC(CCSC)C(=O)O)c(-c2ccccc2C)c1. The summed E-state index contributed by atoms with van der Waals surface area (Å²) in [6.45, 7) is 3.42. The molecule has 2 N–H and O–H groups in total. The number of carboxylic acid groups (broad SMARTS) is 1. The number of nitrogens with zero attached hydrogens (tertiary/aromatic N) is 1. The molecule has 236 valence electrons. The molecule has 0 aromatic heterocycles. The van der Waals surface area contributed by atoms with Gasteiger partial charge >= 0.3 is 5.97 Å². The van der Waals surface area contributed by atoms with Gasteiger partial charge in [-0.2, -0.15) is 11.8 Å². The van der Waals surface area contributed by atoms with Crippen LogP contribution in [0, 0.1) is 12.8 Å². The topological polar surface area (TPSA) is 113 Å². The van der Waals surface area contributed by atoms with Crippen molar-refractivity contribution in [2.24, 2.45) is 5.92 Å². The average Bonchev–Trinajstić information content (AvgIpc) is 3.39. The molecule has 1 aliphatic carbocycles. The predicted molar refractivity (Wildman–Crippen MR) is 173 cm³/mol. The van der Waals surface area contributed by atoms with Crippen molar-refractivity contribution in [1.29, 1.82) is 0 Å². The summed E-state index contributed by atoms with van der Waals surface area (Å²) in [4.78, 5) is 27.5. The van der Waals surface area contributed by atoms with Crippen LogP contribution in [0.1, 0.15) is 66.4 Å². The number of methoxy groups -OCH3 is 1. The zero-order valence-electron chi connectivity index (χ0n) is 25.6. The Morgan fingerprint density at radius 2 is 1.86 bits per heavy atom. The lowest BCUT2D eigenvalue weighted by Crippen LogP contribution is -2.41. The number of aliphatic carboxylic acids is 1. The van der Waals surface area contributed by atoms with Crippen LogP contribution < -0.4 is 5.32 Å². The van der Waals surface area contributed by atoms with E-state index in [9.17, 15) is 23.1 Å². The van der Waals surface area contributed by atoms with E-state index in [2.05, 4.69) is 10.2 Å². The van der Waals surface area contributed by atoms with Gasteiger partial charge < -0.3 is 15.2 Å². The first kappa shape index (κ1) is 33.5. The first-order chi connectivity index (χ1) is 20.6. The van der Waals surface area contributed by atoms with Crippen LogP contribution in [-0.2, 0) is 25.9 Å². The highest BCUT2D eigenvalue weighted by Gasteiger charge is 2.40. The predicted octanol–water partition coefficient (Wildman–Crippen LogP) is 5.18. The number of hydrogen-bond acceptors (Lipinski definition) is 7. The Balaban J connectivity index is 1.59. The quantitative estimate of drug-likeness (QED) is 0.294. The van der Waals surface area contributed by atoms with E-state index in [0.29, 0.717) is 43.9 Å². The van der Waals surface area contributed by atoms with Crippen LogP contribution in [0.25, 0.3) is 11.1 Å². The summed E-state index contributed by atoms with van der Waals surface area (Å²) in [5.41, 5.74) is 3.99. The van der Waals surface area contributed by atoms with Crippen LogP contribution >= 0.6 is 11.8 Å². The molecule has 0 bridgehead atoms. The molecule has 2 aliphatic rings. The molecule has 3 unspecified atom stereocenters. The van der Waals surface area contributed by atoms with Gasteiger partial charge in [-0.05, 0) is 84.9 Å². The number of likely N-dealkylation sites (tertiary alicyclic amines) is 1. The molecule has 1 saturated heterocycles. The molecule has 1 amide bonds. The Bertz CT molecular complexity index is 1360. The molecule has 0 spiro atoms. The van der Waals surface area contributed by atoms with E-state index in [4.69, 9.17) is 4.74 Å². The van der Waals surface area contributed by atoms with E-state index in [1.165, 1.54) is 18.2 Å². The van der Waals surface area contributed by atoms with Gasteiger partial charge in [0, 0.05) is 31.8 Å². The minimum absolute atomic E-state index is 0.0197. The van der Waals surface area contributed by atoms with Crippen LogP contribution in [0.4, 0.5) is 0 Å². The zero-order chi connectivity index (χ0) is 31.0. The maximum Gasteiger partial charge on any atom is 0.326 e. The third-order valence-electron chi connectivity index (χ3n) is 8.91. The zero-order valence-corrected chi connectivity index (χ0v) is 27.2.